The molecular formula is C34H35N5O4. The number of amides is 1. The van der Waals surface area contributed by atoms with E-state index in [0.29, 0.717) is 36.0 Å². The highest BCUT2D eigenvalue weighted by molar-refractivity contribution is 6.05. The smallest absolute Gasteiger partial charge is 0.216 e. The molecule has 4 atom stereocenters. The number of carbonyl (C=O) groups excluding carboxylic acids is 2. The topological polar surface area (TPSA) is 131 Å². The standard InChI is InChI=1S/C34H35N5O4/c1-32(2)27-15-28(34(43,21-40)30(32)16-27)19-38-20-33(25-7-11-36-12-8-25,26-9-13-37-14-10-26)39(22-41)31(38)17-29(42)24-5-3-23(18-35)4-6-24/h3-14,17,22,27-28,30,40,43H,15-16,19-21H2,1-2H3. The number of carbonyl (C=O) groups is 2. The summed E-state index contributed by atoms with van der Waals surface area (Å²) in [6.45, 7) is 4.61. The quantitative estimate of drug-likeness (QED) is 0.236. The van der Waals surface area contributed by atoms with E-state index in [1.807, 2.05) is 29.2 Å². The van der Waals surface area contributed by atoms with Crippen molar-refractivity contribution in [2.24, 2.45) is 23.2 Å². The zero-order chi connectivity index (χ0) is 30.4. The van der Waals surface area contributed by atoms with Gasteiger partial charge in [0.1, 0.15) is 11.4 Å². The molecular weight excluding hydrogens is 542 g/mol. The van der Waals surface area contributed by atoms with E-state index in [9.17, 15) is 25.1 Å². The maximum absolute atomic E-state index is 13.7. The molecule has 43 heavy (non-hydrogen) atoms. The summed E-state index contributed by atoms with van der Waals surface area (Å²) in [7, 11) is 0. The second kappa shape index (κ2) is 10.7. The second-order valence-corrected chi connectivity index (χ2v) is 12.6. The first kappa shape index (κ1) is 28.7. The molecule has 0 spiro atoms. The third kappa shape index (κ3) is 4.44. The van der Waals surface area contributed by atoms with Gasteiger partial charge < -0.3 is 15.1 Å². The van der Waals surface area contributed by atoms with Gasteiger partial charge in [-0.2, -0.15) is 5.26 Å². The van der Waals surface area contributed by atoms with E-state index in [2.05, 4.69) is 29.9 Å². The maximum atomic E-state index is 13.7. The van der Waals surface area contributed by atoms with Crippen LogP contribution in [-0.4, -0.2) is 67.5 Å². The predicted molar refractivity (Wildman–Crippen MR) is 158 cm³/mol. The molecule has 1 aromatic carbocycles. The normalized spacial score (nSPS) is 27.8. The number of allylic oxidation sites excluding steroid dienone is 1. The Kier molecular flexibility index (Phi) is 7.15. The number of fused-ring (bicyclic) bond motifs is 2. The van der Waals surface area contributed by atoms with E-state index >= 15 is 0 Å². The van der Waals surface area contributed by atoms with Crippen molar-refractivity contribution in [3.8, 4) is 6.07 Å². The third-order valence-electron chi connectivity index (χ3n) is 10.4. The molecule has 9 heteroatoms. The van der Waals surface area contributed by atoms with Gasteiger partial charge in [0.25, 0.3) is 0 Å². The summed E-state index contributed by atoms with van der Waals surface area (Å²) in [6, 6.07) is 15.9. The molecule has 3 heterocycles. The van der Waals surface area contributed by atoms with Gasteiger partial charge in [-0.25, -0.2) is 0 Å². The van der Waals surface area contributed by atoms with Gasteiger partial charge in [0, 0.05) is 48.9 Å². The molecule has 7 rings (SSSR count). The van der Waals surface area contributed by atoms with Gasteiger partial charge in [-0.05, 0) is 89.8 Å². The Labute approximate surface area is 251 Å². The Morgan fingerprint density at radius 2 is 1.63 bits per heavy atom. The predicted octanol–water partition coefficient (Wildman–Crippen LogP) is 3.50. The van der Waals surface area contributed by atoms with Crippen LogP contribution in [0.15, 0.2) is 85.2 Å². The molecule has 2 aromatic heterocycles. The molecule has 9 nitrogen and oxygen atoms in total. The maximum Gasteiger partial charge on any atom is 0.216 e. The van der Waals surface area contributed by atoms with Crippen LogP contribution in [0.3, 0.4) is 0 Å². The average Bonchev–Trinajstić information content (AvgIpc) is 3.35. The molecule has 3 saturated carbocycles. The molecule has 4 fully saturated rings. The molecule has 2 bridgehead atoms. The Morgan fingerprint density at radius 1 is 1.02 bits per heavy atom. The van der Waals surface area contributed by atoms with Crippen molar-refractivity contribution in [3.05, 3.63) is 107 Å². The summed E-state index contributed by atoms with van der Waals surface area (Å²) >= 11 is 0. The second-order valence-electron chi connectivity index (χ2n) is 12.6. The lowest BCUT2D eigenvalue weighted by Crippen LogP contribution is -2.68. The summed E-state index contributed by atoms with van der Waals surface area (Å²) in [5.74, 6) is 0.175. The summed E-state index contributed by atoms with van der Waals surface area (Å²) in [5, 5.41) is 31.7. The third-order valence-corrected chi connectivity index (χ3v) is 10.4. The van der Waals surface area contributed by atoms with Crippen molar-refractivity contribution in [2.75, 3.05) is 19.7 Å². The van der Waals surface area contributed by atoms with Gasteiger partial charge in [-0.3, -0.25) is 24.5 Å². The molecule has 4 aliphatic rings. The highest BCUT2D eigenvalue weighted by Crippen LogP contribution is 2.64. The number of nitriles is 1. The van der Waals surface area contributed by atoms with Gasteiger partial charge in [-0.15, -0.1) is 0 Å². The van der Waals surface area contributed by atoms with Crippen LogP contribution in [0, 0.1) is 34.5 Å². The van der Waals surface area contributed by atoms with E-state index in [1.165, 1.54) is 6.08 Å². The van der Waals surface area contributed by atoms with E-state index in [0.717, 1.165) is 30.4 Å². The first-order valence-corrected chi connectivity index (χ1v) is 14.6. The number of nitrogens with zero attached hydrogens (tertiary/aromatic N) is 5. The zero-order valence-electron chi connectivity index (χ0n) is 24.3. The Morgan fingerprint density at radius 3 is 2.14 bits per heavy atom. The van der Waals surface area contributed by atoms with Crippen LogP contribution in [0.2, 0.25) is 0 Å². The zero-order valence-corrected chi connectivity index (χ0v) is 24.3. The Balaban J connectivity index is 1.48. The van der Waals surface area contributed by atoms with Gasteiger partial charge in [0.2, 0.25) is 6.41 Å². The van der Waals surface area contributed by atoms with Crippen molar-refractivity contribution in [2.45, 2.75) is 37.8 Å². The summed E-state index contributed by atoms with van der Waals surface area (Å²) in [5.41, 5.74) is 0.0718. The van der Waals surface area contributed by atoms with Crippen LogP contribution >= 0.6 is 0 Å². The lowest BCUT2D eigenvalue weighted by atomic mass is 9.41. The monoisotopic (exact) mass is 577 g/mol. The minimum absolute atomic E-state index is 0.0450. The number of aliphatic hydroxyl groups is 2. The Bertz CT molecular complexity index is 1540. The number of aromatic nitrogens is 2. The largest absolute Gasteiger partial charge is 0.393 e. The highest BCUT2D eigenvalue weighted by atomic mass is 16.3. The number of ketones is 1. The van der Waals surface area contributed by atoms with Crippen LogP contribution in [-0.2, 0) is 10.3 Å². The van der Waals surface area contributed by atoms with Crippen molar-refractivity contribution in [1.29, 1.82) is 5.26 Å². The molecule has 3 aromatic rings. The first-order valence-electron chi connectivity index (χ1n) is 14.6. The molecule has 2 N–H and O–H groups in total. The van der Waals surface area contributed by atoms with Crippen LogP contribution in [0.5, 0.6) is 0 Å². The number of hydrogen-bond acceptors (Lipinski definition) is 8. The van der Waals surface area contributed by atoms with Crippen LogP contribution in [0.1, 0.15) is 53.7 Å². The minimum atomic E-state index is -1.29. The van der Waals surface area contributed by atoms with Crippen molar-refractivity contribution >= 4 is 12.2 Å². The van der Waals surface area contributed by atoms with Crippen molar-refractivity contribution in [1.82, 2.24) is 19.8 Å². The summed E-state index contributed by atoms with van der Waals surface area (Å²) < 4.78 is 0. The SMILES string of the molecule is CC1(C)C2CC(CN3CC(c4ccncc4)(c4ccncc4)N(C=O)C3=CC(=O)c3ccc(C#N)cc3)C(O)(CO)C1C2. The molecule has 4 unspecified atom stereocenters. The average molecular weight is 578 g/mol. The number of benzene rings is 1. The minimum Gasteiger partial charge on any atom is -0.393 e. The van der Waals surface area contributed by atoms with Crippen LogP contribution in [0.4, 0.5) is 0 Å². The molecule has 1 saturated heterocycles. The van der Waals surface area contributed by atoms with Gasteiger partial charge in [0.05, 0.1) is 30.4 Å². The molecule has 1 aliphatic heterocycles. The fraction of sp³-hybridized carbons (Fsp3) is 0.382. The summed E-state index contributed by atoms with van der Waals surface area (Å²) in [6.07, 6.45) is 10.5. The van der Waals surface area contributed by atoms with Gasteiger partial charge in [0.15, 0.2) is 5.78 Å². The van der Waals surface area contributed by atoms with E-state index in [-0.39, 0.29) is 29.6 Å². The number of hydrogen-bond donors (Lipinski definition) is 2. The molecule has 3 aliphatic carbocycles. The Hall–Kier alpha value is -4.39. The fourth-order valence-corrected chi connectivity index (χ4v) is 7.87. The first-order chi connectivity index (χ1) is 20.7. The van der Waals surface area contributed by atoms with Crippen molar-refractivity contribution in [3.63, 3.8) is 0 Å². The highest BCUT2D eigenvalue weighted by Gasteiger charge is 2.65. The molecule has 220 valence electrons. The van der Waals surface area contributed by atoms with Gasteiger partial charge >= 0.3 is 0 Å². The van der Waals surface area contributed by atoms with Crippen molar-refractivity contribution < 1.29 is 19.8 Å². The van der Waals surface area contributed by atoms with Crippen LogP contribution in [0.25, 0.3) is 0 Å². The van der Waals surface area contributed by atoms with Gasteiger partial charge in [-0.1, -0.05) is 13.8 Å². The van der Waals surface area contributed by atoms with E-state index < -0.39 is 11.1 Å². The van der Waals surface area contributed by atoms with E-state index in [1.54, 1.807) is 54.0 Å². The molecule has 0 radical (unpaired) electrons. The number of aliphatic hydroxyl groups excluding tert-OH is 1. The number of rotatable bonds is 8. The lowest BCUT2D eigenvalue weighted by Gasteiger charge is -2.66. The fourth-order valence-electron chi connectivity index (χ4n) is 7.87. The number of pyridine rings is 2. The summed E-state index contributed by atoms with van der Waals surface area (Å²) in [4.78, 5) is 38.8. The molecule has 1 amide bonds. The van der Waals surface area contributed by atoms with Crippen LogP contribution < -0.4 is 0 Å². The van der Waals surface area contributed by atoms with E-state index in [4.69, 9.17) is 0 Å². The lowest BCUT2D eigenvalue weighted by molar-refractivity contribution is -0.248.